The van der Waals surface area contributed by atoms with Crippen LogP contribution in [-0.4, -0.2) is 28.9 Å². The predicted molar refractivity (Wildman–Crippen MR) is 61.5 cm³/mol. The van der Waals surface area contributed by atoms with Gasteiger partial charge in [0.25, 0.3) is 0 Å². The average molecular weight is 219 g/mol. The Hall–Kier alpha value is -1.42. The summed E-state index contributed by atoms with van der Waals surface area (Å²) in [7, 11) is 0. The van der Waals surface area contributed by atoms with Crippen molar-refractivity contribution < 1.29 is 4.79 Å². The fourth-order valence-corrected chi connectivity index (χ4v) is 2.16. The Kier molecular flexibility index (Phi) is 3.19. The molecule has 0 aliphatic carbocycles. The maximum atomic E-state index is 11.8. The largest absolute Gasteiger partial charge is 0.336 e. The topological polar surface area (TPSA) is 59.2 Å². The number of nitrogens with zero attached hydrogens (tertiary/aromatic N) is 2. The van der Waals surface area contributed by atoms with Crippen molar-refractivity contribution in [2.75, 3.05) is 13.1 Å². The van der Waals surface area contributed by atoms with Crippen LogP contribution < -0.4 is 5.73 Å². The molecule has 2 rings (SSSR count). The Balaban J connectivity index is 2.11. The number of pyridine rings is 1. The molecule has 4 heteroatoms. The number of nitrogens with two attached hydrogens (primary N) is 1. The second kappa shape index (κ2) is 4.61. The number of carbonyl (C=O) groups excluding carboxylic acids is 1. The van der Waals surface area contributed by atoms with Gasteiger partial charge in [-0.05, 0) is 37.1 Å². The molecular formula is C12H17N3O. The van der Waals surface area contributed by atoms with Crippen LogP contribution in [0.2, 0.25) is 0 Å². The van der Waals surface area contributed by atoms with Crippen molar-refractivity contribution in [3.63, 3.8) is 0 Å². The van der Waals surface area contributed by atoms with E-state index in [1.54, 1.807) is 12.4 Å². The molecule has 2 unspecified atom stereocenters. The molecule has 1 aliphatic rings. The zero-order valence-corrected chi connectivity index (χ0v) is 9.47. The molecule has 1 saturated heterocycles. The molecule has 4 nitrogen and oxygen atoms in total. The SMILES string of the molecule is CC(c1ccncc1)N1CC(CN)CC1=O. The summed E-state index contributed by atoms with van der Waals surface area (Å²) in [6.45, 7) is 3.41. The van der Waals surface area contributed by atoms with E-state index in [0.29, 0.717) is 18.9 Å². The highest BCUT2D eigenvalue weighted by Crippen LogP contribution is 2.27. The number of likely N-dealkylation sites (tertiary alicyclic amines) is 1. The fourth-order valence-electron chi connectivity index (χ4n) is 2.16. The highest BCUT2D eigenvalue weighted by molar-refractivity contribution is 5.79. The van der Waals surface area contributed by atoms with E-state index in [-0.39, 0.29) is 11.9 Å². The van der Waals surface area contributed by atoms with Gasteiger partial charge in [0.2, 0.25) is 5.91 Å². The van der Waals surface area contributed by atoms with E-state index in [4.69, 9.17) is 5.73 Å². The van der Waals surface area contributed by atoms with Crippen molar-refractivity contribution in [3.8, 4) is 0 Å². The number of rotatable bonds is 3. The van der Waals surface area contributed by atoms with Gasteiger partial charge in [-0.3, -0.25) is 9.78 Å². The summed E-state index contributed by atoms with van der Waals surface area (Å²) in [5.41, 5.74) is 6.73. The monoisotopic (exact) mass is 219 g/mol. The van der Waals surface area contributed by atoms with Crippen molar-refractivity contribution >= 4 is 5.91 Å². The van der Waals surface area contributed by atoms with E-state index in [2.05, 4.69) is 4.98 Å². The summed E-state index contributed by atoms with van der Waals surface area (Å²) < 4.78 is 0. The first-order valence-electron chi connectivity index (χ1n) is 5.62. The highest BCUT2D eigenvalue weighted by atomic mass is 16.2. The lowest BCUT2D eigenvalue weighted by molar-refractivity contribution is -0.129. The van der Waals surface area contributed by atoms with Crippen LogP contribution in [0, 0.1) is 5.92 Å². The number of carbonyl (C=O) groups is 1. The summed E-state index contributed by atoms with van der Waals surface area (Å²) in [5.74, 6) is 0.525. The third-order valence-electron chi connectivity index (χ3n) is 3.23. The Morgan fingerprint density at radius 1 is 1.56 bits per heavy atom. The van der Waals surface area contributed by atoms with Gasteiger partial charge >= 0.3 is 0 Å². The zero-order valence-electron chi connectivity index (χ0n) is 9.47. The lowest BCUT2D eigenvalue weighted by atomic mass is 10.1. The fraction of sp³-hybridized carbons (Fsp3) is 0.500. The number of aromatic nitrogens is 1. The Labute approximate surface area is 95.5 Å². The molecule has 2 N–H and O–H groups in total. The van der Waals surface area contributed by atoms with Crippen LogP contribution in [0.5, 0.6) is 0 Å². The molecule has 0 bridgehead atoms. The lowest BCUT2D eigenvalue weighted by Gasteiger charge is -2.25. The Morgan fingerprint density at radius 3 is 2.81 bits per heavy atom. The standard InChI is InChI=1S/C12H17N3O/c1-9(11-2-4-14-5-3-11)15-8-10(7-13)6-12(15)16/h2-5,9-10H,6-8,13H2,1H3. The normalized spacial score (nSPS) is 22.5. The quantitative estimate of drug-likeness (QED) is 0.823. The first-order valence-corrected chi connectivity index (χ1v) is 5.62. The van der Waals surface area contributed by atoms with Crippen LogP contribution in [0.15, 0.2) is 24.5 Å². The summed E-state index contributed by atoms with van der Waals surface area (Å²) >= 11 is 0. The van der Waals surface area contributed by atoms with E-state index >= 15 is 0 Å². The van der Waals surface area contributed by atoms with Gasteiger partial charge in [-0.15, -0.1) is 0 Å². The van der Waals surface area contributed by atoms with Crippen molar-refractivity contribution in [3.05, 3.63) is 30.1 Å². The van der Waals surface area contributed by atoms with Crippen LogP contribution >= 0.6 is 0 Å². The summed E-state index contributed by atoms with van der Waals surface area (Å²) in [4.78, 5) is 17.7. The molecule has 1 aromatic heterocycles. The summed E-state index contributed by atoms with van der Waals surface area (Å²) in [6, 6.07) is 4.02. The van der Waals surface area contributed by atoms with Crippen LogP contribution in [0.25, 0.3) is 0 Å². The third-order valence-corrected chi connectivity index (χ3v) is 3.23. The first-order chi connectivity index (χ1) is 7.72. The minimum atomic E-state index is 0.118. The van der Waals surface area contributed by atoms with Crippen molar-refractivity contribution in [1.82, 2.24) is 9.88 Å². The molecule has 0 saturated carbocycles. The molecule has 86 valence electrons. The lowest BCUT2D eigenvalue weighted by Crippen LogP contribution is -2.29. The smallest absolute Gasteiger partial charge is 0.223 e. The van der Waals surface area contributed by atoms with Crippen molar-refractivity contribution in [2.24, 2.45) is 11.7 Å². The van der Waals surface area contributed by atoms with Crippen LogP contribution in [-0.2, 0) is 4.79 Å². The van der Waals surface area contributed by atoms with Crippen molar-refractivity contribution in [1.29, 1.82) is 0 Å². The van der Waals surface area contributed by atoms with Crippen molar-refractivity contribution in [2.45, 2.75) is 19.4 Å². The minimum Gasteiger partial charge on any atom is -0.336 e. The van der Waals surface area contributed by atoms with Gasteiger partial charge in [0.05, 0.1) is 6.04 Å². The third kappa shape index (κ3) is 2.07. The molecule has 2 heterocycles. The molecule has 1 aliphatic heterocycles. The summed E-state index contributed by atoms with van der Waals surface area (Å²) in [5, 5.41) is 0. The molecule has 1 aromatic rings. The molecule has 1 fully saturated rings. The van der Waals surface area contributed by atoms with Gasteiger partial charge in [0.1, 0.15) is 0 Å². The maximum Gasteiger partial charge on any atom is 0.223 e. The second-order valence-corrected chi connectivity index (χ2v) is 4.31. The second-order valence-electron chi connectivity index (χ2n) is 4.31. The number of hydrogen-bond acceptors (Lipinski definition) is 3. The zero-order chi connectivity index (χ0) is 11.5. The minimum absolute atomic E-state index is 0.118. The molecule has 0 spiro atoms. The number of amides is 1. The van der Waals surface area contributed by atoms with E-state index in [1.165, 1.54) is 0 Å². The number of hydrogen-bond donors (Lipinski definition) is 1. The van der Waals surface area contributed by atoms with Crippen LogP contribution in [0.1, 0.15) is 24.9 Å². The van der Waals surface area contributed by atoms with E-state index in [0.717, 1.165) is 12.1 Å². The molecule has 0 radical (unpaired) electrons. The summed E-state index contributed by atoms with van der Waals surface area (Å²) in [6.07, 6.45) is 4.10. The maximum absolute atomic E-state index is 11.8. The molecule has 2 atom stereocenters. The predicted octanol–water partition coefficient (Wildman–Crippen LogP) is 0.950. The van der Waals surface area contributed by atoms with Gasteiger partial charge in [-0.1, -0.05) is 0 Å². The molecule has 1 amide bonds. The first kappa shape index (κ1) is 11.1. The molecule has 0 aromatic carbocycles. The average Bonchev–Trinajstić information content (AvgIpc) is 2.71. The van der Waals surface area contributed by atoms with Gasteiger partial charge < -0.3 is 10.6 Å². The molecular weight excluding hydrogens is 202 g/mol. The van der Waals surface area contributed by atoms with Gasteiger partial charge in [-0.25, -0.2) is 0 Å². The van der Waals surface area contributed by atoms with E-state index in [9.17, 15) is 4.79 Å². The Morgan fingerprint density at radius 2 is 2.25 bits per heavy atom. The van der Waals surface area contributed by atoms with E-state index in [1.807, 2.05) is 24.0 Å². The highest BCUT2D eigenvalue weighted by Gasteiger charge is 2.32. The molecule has 16 heavy (non-hydrogen) atoms. The van der Waals surface area contributed by atoms with Gasteiger partial charge in [-0.2, -0.15) is 0 Å². The van der Waals surface area contributed by atoms with Crippen LogP contribution in [0.4, 0.5) is 0 Å². The van der Waals surface area contributed by atoms with Gasteiger partial charge in [0, 0.05) is 25.4 Å². The van der Waals surface area contributed by atoms with Gasteiger partial charge in [0.15, 0.2) is 0 Å². The van der Waals surface area contributed by atoms with Crippen LogP contribution in [0.3, 0.4) is 0 Å². The Bertz CT molecular complexity index is 366. The van der Waals surface area contributed by atoms with E-state index < -0.39 is 0 Å².